The maximum absolute atomic E-state index is 13.5. The van der Waals surface area contributed by atoms with Crippen molar-refractivity contribution in [2.75, 3.05) is 12.0 Å². The van der Waals surface area contributed by atoms with Gasteiger partial charge in [-0.25, -0.2) is 0 Å². The molecule has 0 saturated carbocycles. The number of aromatic nitrogens is 1. The molecule has 0 spiro atoms. The maximum atomic E-state index is 13.5. The fraction of sp³-hybridized carbons (Fsp3) is 0.143. The second kappa shape index (κ2) is 8.23. The smallest absolute Gasteiger partial charge is 0.300 e. The first-order chi connectivity index (χ1) is 16.4. The van der Waals surface area contributed by atoms with Crippen LogP contribution in [0.15, 0.2) is 78.5 Å². The number of rotatable bonds is 4. The Morgan fingerprint density at radius 3 is 2.44 bits per heavy atom. The molecule has 6 nitrogen and oxygen atoms in total. The Labute approximate surface area is 197 Å². The second-order valence-corrected chi connectivity index (χ2v) is 8.46. The van der Waals surface area contributed by atoms with E-state index in [1.54, 1.807) is 24.4 Å². The highest BCUT2D eigenvalue weighted by Crippen LogP contribution is 2.45. The minimum atomic E-state index is -0.816. The quantitative estimate of drug-likeness (QED) is 0.246. The van der Waals surface area contributed by atoms with Gasteiger partial charge in [0.05, 0.1) is 24.3 Å². The number of aryl methyl sites for hydroxylation is 2. The van der Waals surface area contributed by atoms with E-state index in [1.165, 1.54) is 12.0 Å². The van der Waals surface area contributed by atoms with Crippen LogP contribution in [0.2, 0.25) is 0 Å². The Balaban J connectivity index is 1.82. The third-order valence-electron chi connectivity index (χ3n) is 6.27. The highest BCUT2D eigenvalue weighted by atomic mass is 16.5. The van der Waals surface area contributed by atoms with Crippen molar-refractivity contribution in [3.8, 4) is 5.75 Å². The van der Waals surface area contributed by atoms with Gasteiger partial charge in [-0.3, -0.25) is 14.5 Å². The molecule has 170 valence electrons. The van der Waals surface area contributed by atoms with Crippen LogP contribution in [0, 0.1) is 13.8 Å². The average Bonchev–Trinajstić information content (AvgIpc) is 3.37. The lowest BCUT2D eigenvalue weighted by Crippen LogP contribution is -2.29. The van der Waals surface area contributed by atoms with Crippen LogP contribution in [0.25, 0.3) is 16.7 Å². The Morgan fingerprint density at radius 1 is 1.00 bits per heavy atom. The number of anilines is 1. The van der Waals surface area contributed by atoms with Crippen LogP contribution in [-0.4, -0.2) is 28.9 Å². The molecule has 2 heterocycles. The third kappa shape index (κ3) is 3.27. The van der Waals surface area contributed by atoms with E-state index in [0.29, 0.717) is 17.0 Å². The number of carbonyl (C=O) groups excluding carboxylic acids is 2. The number of para-hydroxylation sites is 2. The monoisotopic (exact) mass is 452 g/mol. The van der Waals surface area contributed by atoms with Gasteiger partial charge in [-0.1, -0.05) is 42.5 Å². The van der Waals surface area contributed by atoms with Crippen LogP contribution in [0.4, 0.5) is 5.69 Å². The van der Waals surface area contributed by atoms with Crippen LogP contribution >= 0.6 is 0 Å². The number of aliphatic hydroxyl groups is 1. The molecule has 6 heteroatoms. The molecular formula is C28H24N2O4. The number of aromatic amines is 1. The molecule has 1 amide bonds. The molecule has 1 aliphatic rings. The van der Waals surface area contributed by atoms with Crippen molar-refractivity contribution in [2.45, 2.75) is 19.9 Å². The average molecular weight is 453 g/mol. The van der Waals surface area contributed by atoms with Gasteiger partial charge in [0, 0.05) is 28.4 Å². The van der Waals surface area contributed by atoms with Gasteiger partial charge in [-0.15, -0.1) is 0 Å². The number of ether oxygens (including phenoxy) is 1. The Hall–Kier alpha value is -4.32. The van der Waals surface area contributed by atoms with E-state index in [-0.39, 0.29) is 11.3 Å². The van der Waals surface area contributed by atoms with Crippen LogP contribution in [-0.2, 0) is 9.59 Å². The van der Waals surface area contributed by atoms with E-state index >= 15 is 0 Å². The standard InChI is InChI=1S/C28H24N2O4/c1-16-13-17(2)27(34-3)20(14-16)25(31)23-24(21-15-29-22-12-8-7-11-19(21)22)30(28(33)26(23)32)18-9-5-4-6-10-18/h4-15,24,29,31H,1-3H3/b25-23+. The summed E-state index contributed by atoms with van der Waals surface area (Å²) in [6, 6.07) is 19.6. The number of hydrogen-bond donors (Lipinski definition) is 2. The number of ketones is 1. The summed E-state index contributed by atoms with van der Waals surface area (Å²) in [6.45, 7) is 3.78. The topological polar surface area (TPSA) is 82.6 Å². The van der Waals surface area contributed by atoms with Crippen molar-refractivity contribution < 1.29 is 19.4 Å². The highest BCUT2D eigenvalue weighted by molar-refractivity contribution is 6.52. The van der Waals surface area contributed by atoms with Crippen LogP contribution in [0.1, 0.15) is 28.3 Å². The number of fused-ring (bicyclic) bond motifs is 1. The van der Waals surface area contributed by atoms with Crippen molar-refractivity contribution in [3.63, 3.8) is 0 Å². The van der Waals surface area contributed by atoms with E-state index in [0.717, 1.165) is 27.6 Å². The van der Waals surface area contributed by atoms with Gasteiger partial charge in [-0.05, 0) is 49.2 Å². The normalized spacial score (nSPS) is 17.5. The molecule has 4 aromatic rings. The number of amides is 1. The molecule has 1 aliphatic heterocycles. The number of aliphatic hydroxyl groups excluding tert-OH is 1. The van der Waals surface area contributed by atoms with E-state index in [1.807, 2.05) is 62.4 Å². The Morgan fingerprint density at radius 2 is 1.71 bits per heavy atom. The second-order valence-electron chi connectivity index (χ2n) is 8.46. The number of hydrogen-bond acceptors (Lipinski definition) is 4. The summed E-state index contributed by atoms with van der Waals surface area (Å²) in [5, 5.41) is 12.4. The van der Waals surface area contributed by atoms with Gasteiger partial charge in [-0.2, -0.15) is 0 Å². The molecule has 0 radical (unpaired) electrons. The van der Waals surface area contributed by atoms with Crippen LogP contribution in [0.5, 0.6) is 5.75 Å². The summed E-state index contributed by atoms with van der Waals surface area (Å²) >= 11 is 0. The minimum absolute atomic E-state index is 0.0295. The Kier molecular flexibility index (Phi) is 5.21. The van der Waals surface area contributed by atoms with Crippen molar-refractivity contribution in [1.82, 2.24) is 4.98 Å². The van der Waals surface area contributed by atoms with Crippen LogP contribution < -0.4 is 9.64 Å². The molecule has 3 aromatic carbocycles. The van der Waals surface area contributed by atoms with Gasteiger partial charge >= 0.3 is 0 Å². The summed E-state index contributed by atoms with van der Waals surface area (Å²) in [7, 11) is 1.52. The summed E-state index contributed by atoms with van der Waals surface area (Å²) in [4.78, 5) is 31.5. The molecule has 1 aromatic heterocycles. The van der Waals surface area contributed by atoms with Crippen molar-refractivity contribution in [2.24, 2.45) is 0 Å². The number of H-pyrrole nitrogens is 1. The minimum Gasteiger partial charge on any atom is -0.507 e. The molecule has 1 atom stereocenters. The number of methoxy groups -OCH3 is 1. The number of Topliss-reactive ketones (excluding diaryl/α,β-unsaturated/α-hetero) is 1. The molecule has 34 heavy (non-hydrogen) atoms. The van der Waals surface area contributed by atoms with Crippen molar-refractivity contribution in [3.05, 3.63) is 101 Å². The molecule has 0 bridgehead atoms. The summed E-state index contributed by atoms with van der Waals surface area (Å²) in [6.07, 6.45) is 1.79. The summed E-state index contributed by atoms with van der Waals surface area (Å²) < 4.78 is 5.57. The van der Waals surface area contributed by atoms with E-state index in [4.69, 9.17) is 4.74 Å². The van der Waals surface area contributed by atoms with E-state index < -0.39 is 17.7 Å². The van der Waals surface area contributed by atoms with Gasteiger partial charge in [0.2, 0.25) is 0 Å². The zero-order valence-corrected chi connectivity index (χ0v) is 19.1. The first kappa shape index (κ1) is 21.5. The molecule has 2 N–H and O–H groups in total. The lowest BCUT2D eigenvalue weighted by molar-refractivity contribution is -0.132. The lowest BCUT2D eigenvalue weighted by atomic mass is 9.93. The number of nitrogens with zero attached hydrogens (tertiary/aromatic N) is 1. The van der Waals surface area contributed by atoms with Gasteiger partial charge in [0.15, 0.2) is 0 Å². The van der Waals surface area contributed by atoms with Crippen molar-refractivity contribution >= 4 is 34.0 Å². The summed E-state index contributed by atoms with van der Waals surface area (Å²) in [5.74, 6) is -1.22. The SMILES string of the molecule is COc1c(C)cc(C)cc1/C(O)=C1\C(=O)C(=O)N(c2ccccc2)C1c1c[nH]c2ccccc12. The highest BCUT2D eigenvalue weighted by Gasteiger charge is 2.48. The van der Waals surface area contributed by atoms with Gasteiger partial charge in [0.1, 0.15) is 11.5 Å². The molecule has 5 rings (SSSR count). The van der Waals surface area contributed by atoms with E-state index in [2.05, 4.69) is 4.98 Å². The predicted octanol–water partition coefficient (Wildman–Crippen LogP) is 5.42. The Bertz CT molecular complexity index is 1470. The van der Waals surface area contributed by atoms with Crippen LogP contribution in [0.3, 0.4) is 0 Å². The predicted molar refractivity (Wildman–Crippen MR) is 132 cm³/mol. The fourth-order valence-corrected chi connectivity index (χ4v) is 4.85. The molecular weight excluding hydrogens is 428 g/mol. The fourth-order valence-electron chi connectivity index (χ4n) is 4.85. The largest absolute Gasteiger partial charge is 0.507 e. The molecule has 1 unspecified atom stereocenters. The first-order valence-electron chi connectivity index (χ1n) is 11.0. The summed E-state index contributed by atoms with van der Waals surface area (Å²) in [5.41, 5.74) is 4.32. The number of nitrogens with one attached hydrogen (secondary N) is 1. The number of benzene rings is 3. The molecule has 1 fully saturated rings. The zero-order chi connectivity index (χ0) is 24.0. The van der Waals surface area contributed by atoms with Gasteiger partial charge in [0.25, 0.3) is 11.7 Å². The third-order valence-corrected chi connectivity index (χ3v) is 6.27. The van der Waals surface area contributed by atoms with E-state index in [9.17, 15) is 14.7 Å². The molecule has 0 aliphatic carbocycles. The molecule has 1 saturated heterocycles. The van der Waals surface area contributed by atoms with Crippen molar-refractivity contribution in [1.29, 1.82) is 0 Å². The zero-order valence-electron chi connectivity index (χ0n) is 19.1. The first-order valence-corrected chi connectivity index (χ1v) is 11.0. The maximum Gasteiger partial charge on any atom is 0.300 e. The number of carbonyl (C=O) groups is 2. The lowest BCUT2D eigenvalue weighted by Gasteiger charge is -2.25. The van der Waals surface area contributed by atoms with Gasteiger partial charge < -0.3 is 14.8 Å².